The van der Waals surface area contributed by atoms with Crippen LogP contribution in [-0.4, -0.2) is 52.4 Å². The van der Waals surface area contributed by atoms with Gasteiger partial charge in [-0.2, -0.15) is 0 Å². The smallest absolute Gasteiger partial charge is 0.261 e. The standard InChI is InChI=1S/C18H18N2O6S/c1-25-12-7-8-16(15(11-12)26-2)27(23,24)19-9-10-20-17(21)13-5-3-4-6-14(13)18(20)22/h3-8,11,19H,9-10H2,1-2H3. The van der Waals surface area contributed by atoms with Gasteiger partial charge in [-0.05, 0) is 24.3 Å². The average Bonchev–Trinajstić information content (AvgIpc) is 2.92. The van der Waals surface area contributed by atoms with E-state index in [9.17, 15) is 18.0 Å². The maximum absolute atomic E-state index is 12.5. The number of carbonyl (C=O) groups is 2. The maximum atomic E-state index is 12.5. The molecule has 9 heteroatoms. The lowest BCUT2D eigenvalue weighted by Crippen LogP contribution is -2.38. The lowest BCUT2D eigenvalue weighted by atomic mass is 10.1. The zero-order valence-corrected chi connectivity index (χ0v) is 15.6. The van der Waals surface area contributed by atoms with Crippen LogP contribution < -0.4 is 14.2 Å². The Morgan fingerprint density at radius 3 is 2.15 bits per heavy atom. The van der Waals surface area contributed by atoms with Crippen LogP contribution in [0.1, 0.15) is 20.7 Å². The van der Waals surface area contributed by atoms with Crippen LogP contribution in [0.15, 0.2) is 47.4 Å². The molecule has 0 saturated heterocycles. The number of nitrogens with one attached hydrogen (secondary N) is 1. The molecule has 0 unspecified atom stereocenters. The number of sulfonamides is 1. The average molecular weight is 390 g/mol. The second kappa shape index (κ2) is 7.37. The van der Waals surface area contributed by atoms with E-state index in [-0.39, 0.29) is 23.7 Å². The highest BCUT2D eigenvalue weighted by atomic mass is 32.2. The lowest BCUT2D eigenvalue weighted by molar-refractivity contribution is 0.0657. The second-order valence-corrected chi connectivity index (χ2v) is 7.46. The van der Waals surface area contributed by atoms with Crippen molar-refractivity contribution in [3.8, 4) is 11.5 Å². The molecule has 0 fully saturated rings. The number of imide groups is 1. The van der Waals surface area contributed by atoms with E-state index in [1.54, 1.807) is 24.3 Å². The Balaban J connectivity index is 1.71. The molecule has 0 aliphatic carbocycles. The van der Waals surface area contributed by atoms with Crippen molar-refractivity contribution < 1.29 is 27.5 Å². The molecule has 1 heterocycles. The number of ether oxygens (including phenoxy) is 2. The Bertz CT molecular complexity index is 968. The topological polar surface area (TPSA) is 102 Å². The first kappa shape index (κ1) is 18.9. The molecule has 0 saturated carbocycles. The second-order valence-electron chi connectivity index (χ2n) is 5.72. The van der Waals surface area contributed by atoms with Gasteiger partial charge in [-0.25, -0.2) is 13.1 Å². The molecule has 142 valence electrons. The van der Waals surface area contributed by atoms with Gasteiger partial charge in [0.15, 0.2) is 0 Å². The lowest BCUT2D eigenvalue weighted by Gasteiger charge is -2.15. The first-order valence-electron chi connectivity index (χ1n) is 8.06. The molecular weight excluding hydrogens is 372 g/mol. The molecule has 1 aliphatic rings. The minimum atomic E-state index is -3.90. The van der Waals surface area contributed by atoms with Gasteiger partial charge in [0, 0.05) is 19.2 Å². The Morgan fingerprint density at radius 1 is 0.963 bits per heavy atom. The summed E-state index contributed by atoms with van der Waals surface area (Å²) in [6.45, 7) is -0.201. The van der Waals surface area contributed by atoms with Crippen molar-refractivity contribution in [2.75, 3.05) is 27.3 Å². The number of benzene rings is 2. The van der Waals surface area contributed by atoms with Gasteiger partial charge >= 0.3 is 0 Å². The van der Waals surface area contributed by atoms with E-state index in [2.05, 4.69) is 4.72 Å². The van der Waals surface area contributed by atoms with Gasteiger partial charge < -0.3 is 9.47 Å². The molecule has 2 aromatic rings. The summed E-state index contributed by atoms with van der Waals surface area (Å²) in [5.41, 5.74) is 0.643. The van der Waals surface area contributed by atoms with Crippen molar-refractivity contribution in [3.63, 3.8) is 0 Å². The van der Waals surface area contributed by atoms with Crippen LogP contribution in [0.2, 0.25) is 0 Å². The van der Waals surface area contributed by atoms with Gasteiger partial charge in [0.1, 0.15) is 16.4 Å². The van der Waals surface area contributed by atoms with Crippen molar-refractivity contribution in [2.24, 2.45) is 0 Å². The summed E-state index contributed by atoms with van der Waals surface area (Å²) in [5.74, 6) is -0.284. The van der Waals surface area contributed by atoms with Crippen LogP contribution in [0.3, 0.4) is 0 Å². The third kappa shape index (κ3) is 3.51. The third-order valence-electron chi connectivity index (χ3n) is 4.17. The highest BCUT2D eigenvalue weighted by molar-refractivity contribution is 7.89. The summed E-state index contributed by atoms with van der Waals surface area (Å²) in [7, 11) is -1.09. The number of carbonyl (C=O) groups excluding carboxylic acids is 2. The Kier molecular flexibility index (Phi) is 5.15. The first-order valence-corrected chi connectivity index (χ1v) is 9.54. The van der Waals surface area contributed by atoms with E-state index in [0.717, 1.165) is 4.90 Å². The number of hydrogen-bond donors (Lipinski definition) is 1. The van der Waals surface area contributed by atoms with E-state index < -0.39 is 21.8 Å². The number of rotatable bonds is 7. The zero-order chi connectivity index (χ0) is 19.6. The molecule has 0 spiro atoms. The largest absolute Gasteiger partial charge is 0.497 e. The van der Waals surface area contributed by atoms with Crippen LogP contribution in [0.5, 0.6) is 11.5 Å². The van der Waals surface area contributed by atoms with Gasteiger partial charge in [-0.3, -0.25) is 14.5 Å². The molecule has 0 atom stereocenters. The Labute approximate surface area is 156 Å². The van der Waals surface area contributed by atoms with E-state index in [4.69, 9.17) is 9.47 Å². The Morgan fingerprint density at radius 2 is 1.59 bits per heavy atom. The minimum absolute atomic E-state index is 0.0619. The number of methoxy groups -OCH3 is 2. The van der Waals surface area contributed by atoms with Gasteiger partial charge in [-0.15, -0.1) is 0 Å². The van der Waals surface area contributed by atoms with Crippen molar-refractivity contribution in [2.45, 2.75) is 4.90 Å². The minimum Gasteiger partial charge on any atom is -0.497 e. The van der Waals surface area contributed by atoms with Gasteiger partial charge in [-0.1, -0.05) is 12.1 Å². The molecule has 0 bridgehead atoms. The summed E-state index contributed by atoms with van der Waals surface area (Å²) < 4.78 is 37.6. The third-order valence-corrected chi connectivity index (χ3v) is 5.67. The predicted octanol–water partition coefficient (Wildman–Crippen LogP) is 1.28. The fraction of sp³-hybridized carbons (Fsp3) is 0.222. The van der Waals surface area contributed by atoms with Gasteiger partial charge in [0.25, 0.3) is 11.8 Å². The normalized spacial score (nSPS) is 13.6. The quantitative estimate of drug-likeness (QED) is 0.715. The van der Waals surface area contributed by atoms with E-state index in [1.165, 1.54) is 32.4 Å². The van der Waals surface area contributed by atoms with Crippen molar-refractivity contribution in [1.82, 2.24) is 9.62 Å². The molecule has 2 amide bonds. The molecule has 3 rings (SSSR count). The summed E-state index contributed by atoms with van der Waals surface area (Å²) >= 11 is 0. The molecule has 27 heavy (non-hydrogen) atoms. The highest BCUT2D eigenvalue weighted by Gasteiger charge is 2.34. The van der Waals surface area contributed by atoms with E-state index in [0.29, 0.717) is 16.9 Å². The zero-order valence-electron chi connectivity index (χ0n) is 14.8. The summed E-state index contributed by atoms with van der Waals surface area (Å²) in [5, 5.41) is 0. The summed E-state index contributed by atoms with van der Waals surface area (Å²) in [4.78, 5) is 25.6. The molecule has 0 radical (unpaired) electrons. The van der Waals surface area contributed by atoms with Crippen molar-refractivity contribution in [1.29, 1.82) is 0 Å². The molecular formula is C18H18N2O6S. The fourth-order valence-electron chi connectivity index (χ4n) is 2.81. The van der Waals surface area contributed by atoms with Crippen LogP contribution in [-0.2, 0) is 10.0 Å². The first-order chi connectivity index (χ1) is 12.9. The van der Waals surface area contributed by atoms with Crippen LogP contribution in [0.4, 0.5) is 0 Å². The number of fused-ring (bicyclic) bond motifs is 1. The summed E-state index contributed by atoms with van der Waals surface area (Å²) in [6.07, 6.45) is 0. The van der Waals surface area contributed by atoms with Crippen LogP contribution >= 0.6 is 0 Å². The van der Waals surface area contributed by atoms with Gasteiger partial charge in [0.2, 0.25) is 10.0 Å². The number of hydrogen-bond acceptors (Lipinski definition) is 6. The number of nitrogens with zero attached hydrogens (tertiary/aromatic N) is 1. The molecule has 1 aliphatic heterocycles. The van der Waals surface area contributed by atoms with E-state index in [1.807, 2.05) is 0 Å². The fourth-order valence-corrected chi connectivity index (χ4v) is 3.98. The van der Waals surface area contributed by atoms with Crippen LogP contribution in [0, 0.1) is 0 Å². The van der Waals surface area contributed by atoms with Gasteiger partial charge in [0.05, 0.1) is 25.3 Å². The molecule has 2 aromatic carbocycles. The summed E-state index contributed by atoms with van der Waals surface area (Å²) in [6, 6.07) is 10.8. The maximum Gasteiger partial charge on any atom is 0.261 e. The molecule has 8 nitrogen and oxygen atoms in total. The highest BCUT2D eigenvalue weighted by Crippen LogP contribution is 2.28. The molecule has 1 N–H and O–H groups in total. The SMILES string of the molecule is COc1ccc(S(=O)(=O)NCCN2C(=O)c3ccccc3C2=O)c(OC)c1. The van der Waals surface area contributed by atoms with Crippen molar-refractivity contribution in [3.05, 3.63) is 53.6 Å². The predicted molar refractivity (Wildman–Crippen MR) is 96.5 cm³/mol. The number of amides is 2. The van der Waals surface area contributed by atoms with E-state index >= 15 is 0 Å². The van der Waals surface area contributed by atoms with Crippen LogP contribution in [0.25, 0.3) is 0 Å². The van der Waals surface area contributed by atoms with Crippen molar-refractivity contribution >= 4 is 21.8 Å². The molecule has 0 aromatic heterocycles. The monoisotopic (exact) mass is 390 g/mol. The Hall–Kier alpha value is -2.91.